The lowest BCUT2D eigenvalue weighted by molar-refractivity contribution is -0.156. The van der Waals surface area contributed by atoms with E-state index in [-0.39, 0.29) is 12.4 Å². The van der Waals surface area contributed by atoms with Crippen LogP contribution in [0.5, 0.6) is 0 Å². The van der Waals surface area contributed by atoms with Crippen LogP contribution in [0.15, 0.2) is 12.7 Å². The van der Waals surface area contributed by atoms with Crippen molar-refractivity contribution in [2.24, 2.45) is 5.41 Å². The van der Waals surface area contributed by atoms with Crippen LogP contribution in [0.3, 0.4) is 0 Å². The Morgan fingerprint density at radius 3 is 2.16 bits per heavy atom. The molecule has 1 unspecified atom stereocenters. The summed E-state index contributed by atoms with van der Waals surface area (Å²) in [5.74, 6) is -0.624. The van der Waals surface area contributed by atoms with Crippen LogP contribution >= 0.6 is 0 Å². The maximum Gasteiger partial charge on any atom is 0.323 e. The molecule has 0 heterocycles. The van der Waals surface area contributed by atoms with Gasteiger partial charge in [0.05, 0.1) is 6.61 Å². The molecule has 0 aromatic heterocycles. The van der Waals surface area contributed by atoms with Crippen LogP contribution in [-0.4, -0.2) is 18.4 Å². The standard InChI is InChI=1S/C16H28O3/c1-5-8-9-10-11-12-13-16(6-2,14(4)17)15(18)19-7-3/h6H,2,5,7-13H2,1,3-4H3. The monoisotopic (exact) mass is 268 g/mol. The highest BCUT2D eigenvalue weighted by molar-refractivity contribution is 6.04. The number of ether oxygens (including phenoxy) is 1. The minimum absolute atomic E-state index is 0.172. The van der Waals surface area contributed by atoms with Crippen LogP contribution in [0.4, 0.5) is 0 Å². The van der Waals surface area contributed by atoms with E-state index in [0.717, 1.165) is 19.3 Å². The second-order valence-electron chi connectivity index (χ2n) is 4.97. The number of unbranched alkanes of at least 4 members (excludes halogenated alkanes) is 5. The van der Waals surface area contributed by atoms with Gasteiger partial charge in [0, 0.05) is 0 Å². The first-order valence-corrected chi connectivity index (χ1v) is 7.37. The predicted molar refractivity (Wildman–Crippen MR) is 77.9 cm³/mol. The third-order valence-electron chi connectivity index (χ3n) is 3.54. The number of ketones is 1. The molecule has 0 fully saturated rings. The minimum Gasteiger partial charge on any atom is -0.465 e. The van der Waals surface area contributed by atoms with E-state index >= 15 is 0 Å². The maximum absolute atomic E-state index is 12.0. The molecule has 1 atom stereocenters. The van der Waals surface area contributed by atoms with Crippen molar-refractivity contribution in [1.82, 2.24) is 0 Å². The zero-order chi connectivity index (χ0) is 14.7. The molecular formula is C16H28O3. The van der Waals surface area contributed by atoms with E-state index in [9.17, 15) is 9.59 Å². The lowest BCUT2D eigenvalue weighted by atomic mass is 9.79. The Bertz CT molecular complexity index is 296. The lowest BCUT2D eigenvalue weighted by Gasteiger charge is -2.25. The Kier molecular flexibility index (Phi) is 9.19. The van der Waals surface area contributed by atoms with Crippen molar-refractivity contribution in [3.8, 4) is 0 Å². The van der Waals surface area contributed by atoms with Gasteiger partial charge in [-0.15, -0.1) is 6.58 Å². The Balaban J connectivity index is 4.40. The van der Waals surface area contributed by atoms with E-state index in [1.807, 2.05) is 0 Å². The van der Waals surface area contributed by atoms with E-state index in [1.165, 1.54) is 32.3 Å². The normalized spacial score (nSPS) is 13.6. The number of rotatable bonds is 11. The van der Waals surface area contributed by atoms with Crippen LogP contribution in [0.2, 0.25) is 0 Å². The molecule has 0 bridgehead atoms. The third kappa shape index (κ3) is 5.58. The van der Waals surface area contributed by atoms with Crippen LogP contribution in [0, 0.1) is 5.41 Å². The van der Waals surface area contributed by atoms with Crippen LogP contribution in [0.25, 0.3) is 0 Å². The SMILES string of the molecule is C=CC(CCCCCCCC)(C(C)=O)C(=O)OCC. The summed E-state index contributed by atoms with van der Waals surface area (Å²) in [7, 11) is 0. The van der Waals surface area contributed by atoms with Crippen molar-refractivity contribution >= 4 is 11.8 Å². The first-order chi connectivity index (χ1) is 9.05. The van der Waals surface area contributed by atoms with Gasteiger partial charge in [0.1, 0.15) is 5.41 Å². The molecule has 0 aliphatic heterocycles. The fourth-order valence-electron chi connectivity index (χ4n) is 2.19. The summed E-state index contributed by atoms with van der Waals surface area (Å²) >= 11 is 0. The summed E-state index contributed by atoms with van der Waals surface area (Å²) in [4.78, 5) is 23.8. The van der Waals surface area contributed by atoms with Gasteiger partial charge in [-0.3, -0.25) is 9.59 Å². The summed E-state index contributed by atoms with van der Waals surface area (Å²) < 4.78 is 5.02. The van der Waals surface area contributed by atoms with Gasteiger partial charge in [-0.1, -0.05) is 51.5 Å². The predicted octanol–water partition coefficient (Wildman–Crippen LogP) is 4.06. The number of carbonyl (C=O) groups excluding carboxylic acids is 2. The molecule has 3 heteroatoms. The van der Waals surface area contributed by atoms with Crippen molar-refractivity contribution < 1.29 is 14.3 Å². The van der Waals surface area contributed by atoms with Gasteiger partial charge in [0.2, 0.25) is 0 Å². The summed E-state index contributed by atoms with van der Waals surface area (Å²) in [6.45, 7) is 9.32. The number of hydrogen-bond donors (Lipinski definition) is 0. The summed E-state index contributed by atoms with van der Waals surface area (Å²) in [5, 5.41) is 0. The van der Waals surface area contributed by atoms with Gasteiger partial charge in [-0.25, -0.2) is 0 Å². The topological polar surface area (TPSA) is 43.4 Å². The molecule has 0 spiro atoms. The van der Waals surface area contributed by atoms with Gasteiger partial charge < -0.3 is 4.74 Å². The van der Waals surface area contributed by atoms with Crippen molar-refractivity contribution in [2.75, 3.05) is 6.61 Å². The summed E-state index contributed by atoms with van der Waals surface area (Å²) in [6.07, 6.45) is 8.70. The molecule has 19 heavy (non-hydrogen) atoms. The highest BCUT2D eigenvalue weighted by atomic mass is 16.5. The van der Waals surface area contributed by atoms with Gasteiger partial charge in [0.25, 0.3) is 0 Å². The van der Waals surface area contributed by atoms with Crippen molar-refractivity contribution in [2.45, 2.75) is 65.7 Å². The molecule has 0 aromatic rings. The largest absolute Gasteiger partial charge is 0.465 e. The molecule has 0 aromatic carbocycles. The number of esters is 1. The molecule has 3 nitrogen and oxygen atoms in total. The zero-order valence-corrected chi connectivity index (χ0v) is 12.7. The number of carbonyl (C=O) groups is 2. The Hall–Kier alpha value is -1.12. The minimum atomic E-state index is -1.14. The van der Waals surface area contributed by atoms with Crippen LogP contribution in [-0.2, 0) is 14.3 Å². The van der Waals surface area contributed by atoms with Crippen molar-refractivity contribution in [3.63, 3.8) is 0 Å². The smallest absolute Gasteiger partial charge is 0.323 e. The first kappa shape index (κ1) is 17.9. The molecule has 0 rings (SSSR count). The van der Waals surface area contributed by atoms with Gasteiger partial charge in [-0.2, -0.15) is 0 Å². The van der Waals surface area contributed by atoms with Gasteiger partial charge in [-0.05, 0) is 20.3 Å². The summed E-state index contributed by atoms with van der Waals surface area (Å²) in [6, 6.07) is 0. The van der Waals surface area contributed by atoms with Crippen molar-refractivity contribution in [3.05, 3.63) is 12.7 Å². The highest BCUT2D eigenvalue weighted by Crippen LogP contribution is 2.30. The number of hydrogen-bond acceptors (Lipinski definition) is 3. The van der Waals surface area contributed by atoms with Crippen molar-refractivity contribution in [1.29, 1.82) is 0 Å². The molecule has 0 saturated heterocycles. The lowest BCUT2D eigenvalue weighted by Crippen LogP contribution is -2.37. The first-order valence-electron chi connectivity index (χ1n) is 7.37. The molecule has 0 aliphatic rings. The highest BCUT2D eigenvalue weighted by Gasteiger charge is 2.41. The van der Waals surface area contributed by atoms with E-state index in [4.69, 9.17) is 4.74 Å². The third-order valence-corrected chi connectivity index (χ3v) is 3.54. The van der Waals surface area contributed by atoms with Gasteiger partial charge in [0.15, 0.2) is 5.78 Å². The Labute approximate surface area is 117 Å². The van der Waals surface area contributed by atoms with Crippen LogP contribution < -0.4 is 0 Å². The van der Waals surface area contributed by atoms with E-state index in [0.29, 0.717) is 6.42 Å². The van der Waals surface area contributed by atoms with Gasteiger partial charge >= 0.3 is 5.97 Å². The molecule has 110 valence electrons. The molecule has 0 N–H and O–H groups in total. The molecule has 0 saturated carbocycles. The Morgan fingerprint density at radius 1 is 1.11 bits per heavy atom. The molecule has 0 radical (unpaired) electrons. The van der Waals surface area contributed by atoms with E-state index in [1.54, 1.807) is 6.92 Å². The molecule has 0 aliphatic carbocycles. The average molecular weight is 268 g/mol. The fraction of sp³-hybridized carbons (Fsp3) is 0.750. The quantitative estimate of drug-likeness (QED) is 0.246. The second-order valence-corrected chi connectivity index (χ2v) is 4.97. The van der Waals surface area contributed by atoms with Crippen LogP contribution in [0.1, 0.15) is 65.7 Å². The summed E-state index contributed by atoms with van der Waals surface area (Å²) in [5.41, 5.74) is -1.14. The second kappa shape index (κ2) is 9.76. The molecule has 0 amide bonds. The zero-order valence-electron chi connectivity index (χ0n) is 12.7. The maximum atomic E-state index is 12.0. The van der Waals surface area contributed by atoms with E-state index < -0.39 is 11.4 Å². The Morgan fingerprint density at radius 2 is 1.68 bits per heavy atom. The van der Waals surface area contributed by atoms with E-state index in [2.05, 4.69) is 13.5 Å². The average Bonchev–Trinajstić information content (AvgIpc) is 2.38. The fourth-order valence-corrected chi connectivity index (χ4v) is 2.19. The molecular weight excluding hydrogens is 240 g/mol. The number of Topliss-reactive ketones (excluding diaryl/α,β-unsaturated/α-hetero) is 1.